The molecule has 0 spiro atoms. The molecule has 0 atom stereocenters. The molecule has 1 saturated heterocycles. The van der Waals surface area contributed by atoms with Gasteiger partial charge < -0.3 is 15.6 Å². The van der Waals surface area contributed by atoms with E-state index in [2.05, 4.69) is 22.7 Å². The third kappa shape index (κ3) is 3.68. The number of amides is 1. The summed E-state index contributed by atoms with van der Waals surface area (Å²) in [6.07, 6.45) is 2.29. The molecule has 0 aliphatic carbocycles. The van der Waals surface area contributed by atoms with Crippen molar-refractivity contribution in [2.75, 3.05) is 32.1 Å². The summed E-state index contributed by atoms with van der Waals surface area (Å²) >= 11 is 0. The van der Waals surface area contributed by atoms with Crippen molar-refractivity contribution in [2.45, 2.75) is 12.8 Å². The van der Waals surface area contributed by atoms with Crippen LogP contribution in [0.15, 0.2) is 24.3 Å². The standard InChI is InChI=1S/C14H22N4O/c1-18-8-6-11(7-9-18)10-16-14(19)12-4-2-3-5-13(12)17-15/h2-5,11,17H,6-10,15H2,1H3,(H,16,19). The smallest absolute Gasteiger partial charge is 0.253 e. The van der Waals surface area contributed by atoms with E-state index in [9.17, 15) is 4.79 Å². The molecule has 1 fully saturated rings. The van der Waals surface area contributed by atoms with Crippen molar-refractivity contribution >= 4 is 11.6 Å². The summed E-state index contributed by atoms with van der Waals surface area (Å²) in [7, 11) is 2.14. The van der Waals surface area contributed by atoms with E-state index < -0.39 is 0 Å². The Balaban J connectivity index is 1.87. The normalized spacial score (nSPS) is 17.2. The van der Waals surface area contributed by atoms with Gasteiger partial charge in [-0.2, -0.15) is 0 Å². The topological polar surface area (TPSA) is 70.4 Å². The van der Waals surface area contributed by atoms with Gasteiger partial charge in [-0.15, -0.1) is 0 Å². The predicted octanol–water partition coefficient (Wildman–Crippen LogP) is 1.04. The van der Waals surface area contributed by atoms with Crippen LogP contribution in [0.2, 0.25) is 0 Å². The van der Waals surface area contributed by atoms with Gasteiger partial charge in [-0.3, -0.25) is 10.6 Å². The Morgan fingerprint density at radius 3 is 2.74 bits per heavy atom. The maximum Gasteiger partial charge on any atom is 0.253 e. The number of hydrazine groups is 1. The van der Waals surface area contributed by atoms with Gasteiger partial charge in [-0.25, -0.2) is 0 Å². The highest BCUT2D eigenvalue weighted by molar-refractivity contribution is 5.99. The van der Waals surface area contributed by atoms with Crippen LogP contribution >= 0.6 is 0 Å². The number of nitrogen functional groups attached to an aromatic ring is 1. The molecular formula is C14H22N4O. The number of piperidine rings is 1. The molecule has 1 aliphatic heterocycles. The maximum absolute atomic E-state index is 12.1. The number of rotatable bonds is 4. The largest absolute Gasteiger partial charge is 0.352 e. The van der Waals surface area contributed by atoms with Crippen molar-refractivity contribution < 1.29 is 4.79 Å². The minimum absolute atomic E-state index is 0.0625. The molecule has 1 heterocycles. The molecule has 104 valence electrons. The van der Waals surface area contributed by atoms with Gasteiger partial charge in [-0.05, 0) is 51.0 Å². The third-order valence-corrected chi connectivity index (χ3v) is 3.72. The monoisotopic (exact) mass is 262 g/mol. The summed E-state index contributed by atoms with van der Waals surface area (Å²) in [6.45, 7) is 2.97. The molecule has 0 radical (unpaired) electrons. The van der Waals surface area contributed by atoms with Crippen molar-refractivity contribution in [3.8, 4) is 0 Å². The minimum Gasteiger partial charge on any atom is -0.352 e. The van der Waals surface area contributed by atoms with E-state index >= 15 is 0 Å². The molecule has 5 nitrogen and oxygen atoms in total. The zero-order valence-electron chi connectivity index (χ0n) is 11.4. The van der Waals surface area contributed by atoms with Crippen molar-refractivity contribution in [1.29, 1.82) is 0 Å². The number of hydrogen-bond donors (Lipinski definition) is 3. The van der Waals surface area contributed by atoms with Crippen molar-refractivity contribution in [3.63, 3.8) is 0 Å². The van der Waals surface area contributed by atoms with Gasteiger partial charge in [0, 0.05) is 6.54 Å². The quantitative estimate of drug-likeness (QED) is 0.560. The van der Waals surface area contributed by atoms with E-state index in [0.29, 0.717) is 17.2 Å². The van der Waals surface area contributed by atoms with E-state index in [1.807, 2.05) is 12.1 Å². The Morgan fingerprint density at radius 1 is 1.37 bits per heavy atom. The minimum atomic E-state index is -0.0625. The summed E-state index contributed by atoms with van der Waals surface area (Å²) in [6, 6.07) is 7.26. The van der Waals surface area contributed by atoms with Crippen LogP contribution in [-0.4, -0.2) is 37.5 Å². The average Bonchev–Trinajstić information content (AvgIpc) is 2.46. The first-order chi connectivity index (χ1) is 9.20. The number of nitrogens with two attached hydrogens (primary N) is 1. The lowest BCUT2D eigenvalue weighted by Gasteiger charge is -2.29. The van der Waals surface area contributed by atoms with E-state index in [0.717, 1.165) is 32.5 Å². The molecule has 2 rings (SSSR count). The van der Waals surface area contributed by atoms with Crippen LogP contribution < -0.4 is 16.6 Å². The SMILES string of the molecule is CN1CCC(CNC(=O)c2ccccc2NN)CC1. The van der Waals surface area contributed by atoms with Gasteiger partial charge in [0.15, 0.2) is 0 Å². The summed E-state index contributed by atoms with van der Waals surface area (Å²) in [5.74, 6) is 5.93. The van der Waals surface area contributed by atoms with Gasteiger partial charge in [0.25, 0.3) is 5.91 Å². The number of carbonyl (C=O) groups excluding carboxylic acids is 1. The fraction of sp³-hybridized carbons (Fsp3) is 0.500. The Bertz CT molecular complexity index is 427. The van der Waals surface area contributed by atoms with E-state index in [4.69, 9.17) is 5.84 Å². The fourth-order valence-electron chi connectivity index (χ4n) is 2.41. The Morgan fingerprint density at radius 2 is 2.05 bits per heavy atom. The lowest BCUT2D eigenvalue weighted by Crippen LogP contribution is -2.37. The summed E-state index contributed by atoms with van der Waals surface area (Å²) in [5.41, 5.74) is 3.80. The molecule has 5 heteroatoms. The summed E-state index contributed by atoms with van der Waals surface area (Å²) < 4.78 is 0. The molecule has 1 amide bonds. The molecule has 1 aromatic rings. The van der Waals surface area contributed by atoms with Crippen LogP contribution in [0.25, 0.3) is 0 Å². The number of likely N-dealkylation sites (tertiary alicyclic amines) is 1. The lowest BCUT2D eigenvalue weighted by atomic mass is 9.97. The van der Waals surface area contributed by atoms with Crippen LogP contribution in [0, 0.1) is 5.92 Å². The number of nitrogens with one attached hydrogen (secondary N) is 2. The van der Waals surface area contributed by atoms with Crippen molar-refractivity contribution in [3.05, 3.63) is 29.8 Å². The second kappa shape index (κ2) is 6.54. The Labute approximate surface area is 114 Å². The molecule has 19 heavy (non-hydrogen) atoms. The summed E-state index contributed by atoms with van der Waals surface area (Å²) in [4.78, 5) is 14.4. The highest BCUT2D eigenvalue weighted by atomic mass is 16.1. The van der Waals surface area contributed by atoms with Crippen LogP contribution in [0.5, 0.6) is 0 Å². The van der Waals surface area contributed by atoms with E-state index in [1.165, 1.54) is 0 Å². The van der Waals surface area contributed by atoms with Crippen molar-refractivity contribution in [1.82, 2.24) is 10.2 Å². The average molecular weight is 262 g/mol. The van der Waals surface area contributed by atoms with E-state index in [-0.39, 0.29) is 5.91 Å². The third-order valence-electron chi connectivity index (χ3n) is 3.72. The number of para-hydroxylation sites is 1. The molecule has 1 aromatic carbocycles. The predicted molar refractivity (Wildman–Crippen MR) is 76.8 cm³/mol. The molecule has 4 N–H and O–H groups in total. The molecule has 1 aliphatic rings. The van der Waals surface area contributed by atoms with Gasteiger partial charge in [0.1, 0.15) is 0 Å². The van der Waals surface area contributed by atoms with Crippen LogP contribution in [0.1, 0.15) is 23.2 Å². The second-order valence-corrected chi connectivity index (χ2v) is 5.15. The summed E-state index contributed by atoms with van der Waals surface area (Å²) in [5, 5.41) is 3.01. The Hall–Kier alpha value is -1.59. The zero-order valence-corrected chi connectivity index (χ0v) is 11.4. The van der Waals surface area contributed by atoms with Gasteiger partial charge in [0.05, 0.1) is 11.3 Å². The lowest BCUT2D eigenvalue weighted by molar-refractivity contribution is 0.0940. The van der Waals surface area contributed by atoms with Crippen molar-refractivity contribution in [2.24, 2.45) is 11.8 Å². The van der Waals surface area contributed by atoms with Gasteiger partial charge in [0.2, 0.25) is 0 Å². The number of carbonyl (C=O) groups is 1. The fourth-order valence-corrected chi connectivity index (χ4v) is 2.41. The first-order valence-electron chi connectivity index (χ1n) is 6.73. The first kappa shape index (κ1) is 13.8. The maximum atomic E-state index is 12.1. The van der Waals surface area contributed by atoms with Crippen LogP contribution in [0.3, 0.4) is 0 Å². The number of benzene rings is 1. The number of hydrogen-bond acceptors (Lipinski definition) is 4. The second-order valence-electron chi connectivity index (χ2n) is 5.15. The molecule has 0 aromatic heterocycles. The highest BCUT2D eigenvalue weighted by Crippen LogP contribution is 2.16. The molecule has 0 bridgehead atoms. The molecular weight excluding hydrogens is 240 g/mol. The number of nitrogens with zero attached hydrogens (tertiary/aromatic N) is 1. The first-order valence-corrected chi connectivity index (χ1v) is 6.73. The zero-order chi connectivity index (χ0) is 13.7. The Kier molecular flexibility index (Phi) is 4.76. The van der Waals surface area contributed by atoms with Gasteiger partial charge >= 0.3 is 0 Å². The van der Waals surface area contributed by atoms with E-state index in [1.54, 1.807) is 12.1 Å². The molecule has 0 saturated carbocycles. The number of anilines is 1. The van der Waals surface area contributed by atoms with Crippen LogP contribution in [-0.2, 0) is 0 Å². The molecule has 0 unspecified atom stereocenters. The van der Waals surface area contributed by atoms with Gasteiger partial charge in [-0.1, -0.05) is 12.1 Å². The van der Waals surface area contributed by atoms with Crippen LogP contribution in [0.4, 0.5) is 5.69 Å². The highest BCUT2D eigenvalue weighted by Gasteiger charge is 2.18.